The van der Waals surface area contributed by atoms with Gasteiger partial charge >= 0.3 is 12.1 Å². The molecule has 0 bridgehead atoms. The number of carboxylic acid groups (broad SMARTS) is 1. The van der Waals surface area contributed by atoms with Crippen LogP contribution in [-0.4, -0.2) is 58.8 Å². The van der Waals surface area contributed by atoms with Crippen LogP contribution in [0.1, 0.15) is 36.3 Å². The van der Waals surface area contributed by atoms with Gasteiger partial charge in [-0.15, -0.1) is 11.8 Å². The van der Waals surface area contributed by atoms with Crippen molar-refractivity contribution in [2.45, 2.75) is 31.2 Å². The molecule has 2 N–H and O–H groups in total. The zero-order valence-corrected chi connectivity index (χ0v) is 18.5. The van der Waals surface area contributed by atoms with Crippen molar-refractivity contribution in [2.75, 3.05) is 24.8 Å². The van der Waals surface area contributed by atoms with Crippen LogP contribution in [0, 0.1) is 0 Å². The second kappa shape index (κ2) is 10.1. The minimum atomic E-state index is -0.958. The fraction of sp³-hybridized carbons (Fsp3) is 0.375. The first-order valence-corrected chi connectivity index (χ1v) is 11.9. The van der Waals surface area contributed by atoms with E-state index in [0.29, 0.717) is 31.0 Å². The standard InChI is InChI=1S/C24H26N2O5S/c27-22(26-15-32-14-21(26)23(28)29)11-5-6-12-25-24(30)31-13-20-18-9-3-1-7-16(18)17-8-2-4-10-19(17)20/h1-4,7-10,20-21H,5-6,11-15H2,(H,25,30)(H,28,29)/t21-/m0/s1. The molecule has 8 heteroatoms. The highest BCUT2D eigenvalue weighted by Gasteiger charge is 2.34. The van der Waals surface area contributed by atoms with Crippen LogP contribution in [-0.2, 0) is 14.3 Å². The maximum Gasteiger partial charge on any atom is 0.407 e. The minimum absolute atomic E-state index is 0.0197. The molecule has 0 aromatic heterocycles. The number of carboxylic acids is 1. The van der Waals surface area contributed by atoms with E-state index in [9.17, 15) is 19.5 Å². The van der Waals surface area contributed by atoms with E-state index >= 15 is 0 Å². The van der Waals surface area contributed by atoms with Gasteiger partial charge in [-0.25, -0.2) is 9.59 Å². The van der Waals surface area contributed by atoms with E-state index in [2.05, 4.69) is 29.6 Å². The van der Waals surface area contributed by atoms with Crippen LogP contribution < -0.4 is 5.32 Å². The molecule has 0 radical (unpaired) electrons. The Morgan fingerprint density at radius 3 is 2.34 bits per heavy atom. The van der Waals surface area contributed by atoms with Crippen molar-refractivity contribution in [3.63, 3.8) is 0 Å². The van der Waals surface area contributed by atoms with E-state index < -0.39 is 18.1 Å². The molecule has 2 aromatic rings. The number of unbranched alkanes of at least 4 members (excludes halogenated alkanes) is 1. The largest absolute Gasteiger partial charge is 0.480 e. The second-order valence-electron chi connectivity index (χ2n) is 7.93. The van der Waals surface area contributed by atoms with Gasteiger partial charge < -0.3 is 20.1 Å². The average molecular weight is 455 g/mol. The monoisotopic (exact) mass is 454 g/mol. The smallest absolute Gasteiger partial charge is 0.407 e. The summed E-state index contributed by atoms with van der Waals surface area (Å²) in [7, 11) is 0. The number of carbonyl (C=O) groups is 3. The lowest BCUT2D eigenvalue weighted by atomic mass is 9.98. The van der Waals surface area contributed by atoms with Crippen molar-refractivity contribution in [3.8, 4) is 11.1 Å². The Labute approximate surface area is 191 Å². The number of amides is 2. The lowest BCUT2D eigenvalue weighted by Gasteiger charge is -2.20. The number of nitrogens with one attached hydrogen (secondary N) is 1. The average Bonchev–Trinajstić information content (AvgIpc) is 3.41. The molecule has 0 unspecified atom stereocenters. The van der Waals surface area contributed by atoms with Crippen LogP contribution in [0.2, 0.25) is 0 Å². The summed E-state index contributed by atoms with van der Waals surface area (Å²) in [5.74, 6) is -0.229. The topological polar surface area (TPSA) is 95.9 Å². The summed E-state index contributed by atoms with van der Waals surface area (Å²) >= 11 is 1.45. The number of alkyl carbamates (subject to hydrolysis) is 1. The zero-order valence-electron chi connectivity index (χ0n) is 17.7. The van der Waals surface area contributed by atoms with Crippen LogP contribution in [0.4, 0.5) is 4.79 Å². The highest BCUT2D eigenvalue weighted by atomic mass is 32.2. The lowest BCUT2D eigenvalue weighted by Crippen LogP contribution is -2.41. The Morgan fingerprint density at radius 1 is 1.03 bits per heavy atom. The fourth-order valence-electron chi connectivity index (χ4n) is 4.28. The SMILES string of the molecule is O=C(NCCCCC(=O)N1CSC[C@H]1C(=O)O)OCC1c2ccccc2-c2ccccc21. The fourth-order valence-corrected chi connectivity index (χ4v) is 5.45. The van der Waals surface area contributed by atoms with Crippen molar-refractivity contribution in [3.05, 3.63) is 59.7 Å². The number of carbonyl (C=O) groups excluding carboxylic acids is 2. The summed E-state index contributed by atoms with van der Waals surface area (Å²) in [6.45, 7) is 0.669. The molecule has 1 heterocycles. The normalized spacial score (nSPS) is 17.0. The Balaban J connectivity index is 1.19. The maximum absolute atomic E-state index is 12.2. The first kappa shape index (κ1) is 22.2. The molecule has 1 fully saturated rings. The van der Waals surface area contributed by atoms with Gasteiger partial charge in [-0.1, -0.05) is 48.5 Å². The molecule has 2 amide bonds. The van der Waals surface area contributed by atoms with Gasteiger partial charge in [0.15, 0.2) is 0 Å². The van der Waals surface area contributed by atoms with Gasteiger partial charge in [0.2, 0.25) is 5.91 Å². The zero-order chi connectivity index (χ0) is 22.5. The van der Waals surface area contributed by atoms with Gasteiger partial charge in [0.05, 0.1) is 5.88 Å². The molecule has 7 nitrogen and oxygen atoms in total. The second-order valence-corrected chi connectivity index (χ2v) is 8.93. The Kier molecular flexibility index (Phi) is 6.99. The Morgan fingerprint density at radius 2 is 1.69 bits per heavy atom. The number of aliphatic carboxylic acids is 1. The number of nitrogens with zero attached hydrogens (tertiary/aromatic N) is 1. The predicted octanol–water partition coefficient (Wildman–Crippen LogP) is 3.68. The third-order valence-electron chi connectivity index (χ3n) is 5.92. The van der Waals surface area contributed by atoms with Crippen LogP contribution >= 0.6 is 11.8 Å². The molecule has 1 atom stereocenters. The summed E-state index contributed by atoms with van der Waals surface area (Å²) in [5, 5.41) is 11.9. The van der Waals surface area contributed by atoms with Crippen molar-refractivity contribution in [2.24, 2.45) is 0 Å². The molecule has 32 heavy (non-hydrogen) atoms. The number of benzene rings is 2. The highest BCUT2D eigenvalue weighted by molar-refractivity contribution is 7.99. The van der Waals surface area contributed by atoms with E-state index in [1.165, 1.54) is 38.9 Å². The number of hydrogen-bond donors (Lipinski definition) is 2. The van der Waals surface area contributed by atoms with E-state index in [-0.39, 0.29) is 24.9 Å². The lowest BCUT2D eigenvalue weighted by molar-refractivity contribution is -0.147. The predicted molar refractivity (Wildman–Crippen MR) is 123 cm³/mol. The van der Waals surface area contributed by atoms with E-state index in [4.69, 9.17) is 4.74 Å². The first-order valence-electron chi connectivity index (χ1n) is 10.7. The van der Waals surface area contributed by atoms with E-state index in [0.717, 1.165) is 0 Å². The molecule has 4 rings (SSSR count). The molecule has 2 aromatic carbocycles. The number of ether oxygens (including phenoxy) is 1. The van der Waals surface area contributed by atoms with Crippen LogP contribution in [0.15, 0.2) is 48.5 Å². The van der Waals surface area contributed by atoms with Gasteiger partial charge in [0.1, 0.15) is 12.6 Å². The van der Waals surface area contributed by atoms with Crippen molar-refractivity contribution in [1.29, 1.82) is 0 Å². The number of hydrogen-bond acceptors (Lipinski definition) is 5. The number of thioether (sulfide) groups is 1. The van der Waals surface area contributed by atoms with Gasteiger partial charge in [-0.3, -0.25) is 4.79 Å². The molecule has 1 aliphatic heterocycles. The van der Waals surface area contributed by atoms with Crippen molar-refractivity contribution >= 4 is 29.7 Å². The molecular formula is C24H26N2O5S. The van der Waals surface area contributed by atoms with Crippen molar-refractivity contribution < 1.29 is 24.2 Å². The summed E-state index contributed by atoms with van der Waals surface area (Å²) in [4.78, 5) is 37.0. The van der Waals surface area contributed by atoms with Gasteiger partial charge in [0.25, 0.3) is 0 Å². The molecule has 1 aliphatic carbocycles. The van der Waals surface area contributed by atoms with Crippen LogP contribution in [0.25, 0.3) is 11.1 Å². The minimum Gasteiger partial charge on any atom is -0.480 e. The highest BCUT2D eigenvalue weighted by Crippen LogP contribution is 2.44. The van der Waals surface area contributed by atoms with Gasteiger partial charge in [-0.05, 0) is 35.1 Å². The Bertz CT molecular complexity index is 966. The first-order chi connectivity index (χ1) is 15.6. The molecule has 0 saturated carbocycles. The summed E-state index contributed by atoms with van der Waals surface area (Å²) in [6, 6.07) is 15.6. The quantitative estimate of drug-likeness (QED) is 0.591. The Hall–Kier alpha value is -3.00. The summed E-state index contributed by atoms with van der Waals surface area (Å²) in [5.41, 5.74) is 4.70. The van der Waals surface area contributed by atoms with Crippen molar-refractivity contribution in [1.82, 2.24) is 10.2 Å². The third kappa shape index (κ3) is 4.75. The summed E-state index contributed by atoms with van der Waals surface area (Å²) < 4.78 is 5.50. The number of rotatable bonds is 8. The van der Waals surface area contributed by atoms with E-state index in [1.54, 1.807) is 0 Å². The van der Waals surface area contributed by atoms with Gasteiger partial charge in [-0.2, -0.15) is 0 Å². The molecular weight excluding hydrogens is 428 g/mol. The molecule has 0 spiro atoms. The molecule has 2 aliphatic rings. The molecule has 1 saturated heterocycles. The van der Waals surface area contributed by atoms with E-state index in [1.807, 2.05) is 24.3 Å². The summed E-state index contributed by atoms with van der Waals surface area (Å²) in [6.07, 6.45) is 1.00. The maximum atomic E-state index is 12.2. The molecule has 168 valence electrons. The van der Waals surface area contributed by atoms with Gasteiger partial charge in [0, 0.05) is 24.6 Å². The van der Waals surface area contributed by atoms with Crippen LogP contribution in [0.3, 0.4) is 0 Å². The third-order valence-corrected chi connectivity index (χ3v) is 6.93. The van der Waals surface area contributed by atoms with Crippen LogP contribution in [0.5, 0.6) is 0 Å². The number of fused-ring (bicyclic) bond motifs is 3.